The number of hydrogen-bond acceptors (Lipinski definition) is 2. The normalized spacial score (nSPS) is 11.2. The molecule has 0 bridgehead atoms. The molecule has 110 valence electrons. The highest BCUT2D eigenvalue weighted by Crippen LogP contribution is 2.21. The van der Waals surface area contributed by atoms with Crippen molar-refractivity contribution in [1.82, 2.24) is 5.32 Å². The minimum absolute atomic E-state index is 0.0140. The summed E-state index contributed by atoms with van der Waals surface area (Å²) >= 11 is 0. The van der Waals surface area contributed by atoms with Gasteiger partial charge in [0.1, 0.15) is 0 Å². The Bertz CT molecular complexity index is 486. The van der Waals surface area contributed by atoms with Gasteiger partial charge in [0.25, 0.3) is 0 Å². The van der Waals surface area contributed by atoms with Crippen LogP contribution >= 0.6 is 0 Å². The Labute approximate surface area is 113 Å². The second-order valence-corrected chi connectivity index (χ2v) is 4.23. The second kappa shape index (κ2) is 6.93. The van der Waals surface area contributed by atoms with E-state index in [0.717, 1.165) is 0 Å². The molecule has 0 saturated heterocycles. The van der Waals surface area contributed by atoms with Crippen molar-refractivity contribution in [3.63, 3.8) is 0 Å². The number of benzene rings is 1. The minimum Gasteiger partial charge on any atom is -0.481 e. The lowest BCUT2D eigenvalue weighted by molar-refractivity contribution is -0.144. The third kappa shape index (κ3) is 6.21. The minimum atomic E-state index is -4.36. The summed E-state index contributed by atoms with van der Waals surface area (Å²) in [6.45, 7) is 0.0140. The zero-order valence-corrected chi connectivity index (χ0v) is 10.5. The zero-order chi connectivity index (χ0) is 15.2. The van der Waals surface area contributed by atoms with E-state index in [-0.39, 0.29) is 13.0 Å². The molecule has 1 rings (SSSR count). The van der Waals surface area contributed by atoms with Gasteiger partial charge in [-0.1, -0.05) is 24.3 Å². The standard InChI is InChI=1S/C13H14F3NO3/c14-13(15,16)6-5-11(18)17-8-10-4-2-1-3-9(10)7-12(19)20/h1-4H,5-8H2,(H,17,18)(H,19,20). The van der Waals surface area contributed by atoms with Crippen LogP contribution in [0.25, 0.3) is 0 Å². The molecule has 0 aliphatic heterocycles. The fourth-order valence-electron chi connectivity index (χ4n) is 1.60. The van der Waals surface area contributed by atoms with Crippen LogP contribution < -0.4 is 5.32 Å². The van der Waals surface area contributed by atoms with Gasteiger partial charge >= 0.3 is 12.1 Å². The van der Waals surface area contributed by atoms with Crippen LogP contribution in [0.3, 0.4) is 0 Å². The molecule has 0 spiro atoms. The SMILES string of the molecule is O=C(O)Cc1ccccc1CNC(=O)CCC(F)(F)F. The van der Waals surface area contributed by atoms with E-state index in [2.05, 4.69) is 5.32 Å². The number of nitrogens with one attached hydrogen (secondary N) is 1. The predicted molar refractivity (Wildman–Crippen MR) is 64.9 cm³/mol. The van der Waals surface area contributed by atoms with Crippen LogP contribution in [-0.2, 0) is 22.6 Å². The molecule has 0 aliphatic carbocycles. The number of alkyl halides is 3. The van der Waals surface area contributed by atoms with Gasteiger partial charge in [0.15, 0.2) is 0 Å². The van der Waals surface area contributed by atoms with Crippen molar-refractivity contribution < 1.29 is 27.9 Å². The molecule has 4 nitrogen and oxygen atoms in total. The lowest BCUT2D eigenvalue weighted by atomic mass is 10.0. The molecular weight excluding hydrogens is 275 g/mol. The number of aliphatic carboxylic acids is 1. The van der Waals surface area contributed by atoms with Gasteiger partial charge in [0.2, 0.25) is 5.91 Å². The summed E-state index contributed by atoms with van der Waals surface area (Å²) < 4.78 is 35.8. The maximum absolute atomic E-state index is 11.9. The van der Waals surface area contributed by atoms with Crippen molar-refractivity contribution in [2.75, 3.05) is 0 Å². The van der Waals surface area contributed by atoms with E-state index in [0.29, 0.717) is 11.1 Å². The Kier molecular flexibility index (Phi) is 5.54. The highest BCUT2D eigenvalue weighted by molar-refractivity contribution is 5.76. The highest BCUT2D eigenvalue weighted by Gasteiger charge is 2.27. The molecule has 0 aliphatic rings. The van der Waals surface area contributed by atoms with Gasteiger partial charge in [-0.15, -0.1) is 0 Å². The summed E-state index contributed by atoms with van der Waals surface area (Å²) in [4.78, 5) is 21.9. The summed E-state index contributed by atoms with van der Waals surface area (Å²) in [5.41, 5.74) is 1.10. The van der Waals surface area contributed by atoms with Crippen molar-refractivity contribution in [2.24, 2.45) is 0 Å². The Hall–Kier alpha value is -2.05. The maximum atomic E-state index is 11.9. The van der Waals surface area contributed by atoms with Crippen LogP contribution in [0.4, 0.5) is 13.2 Å². The first-order valence-corrected chi connectivity index (χ1v) is 5.90. The third-order valence-electron chi connectivity index (χ3n) is 2.57. The average molecular weight is 289 g/mol. The molecule has 0 saturated carbocycles. The molecule has 0 unspecified atom stereocenters. The summed E-state index contributed by atoms with van der Waals surface area (Å²) in [6, 6.07) is 6.56. The van der Waals surface area contributed by atoms with Crippen LogP contribution in [0.5, 0.6) is 0 Å². The first-order valence-electron chi connectivity index (χ1n) is 5.90. The second-order valence-electron chi connectivity index (χ2n) is 4.23. The van der Waals surface area contributed by atoms with Crippen LogP contribution in [0.15, 0.2) is 24.3 Å². The Morgan fingerprint density at radius 3 is 2.30 bits per heavy atom. The molecule has 0 aromatic heterocycles. The third-order valence-corrected chi connectivity index (χ3v) is 2.57. The van der Waals surface area contributed by atoms with Gasteiger partial charge in [0, 0.05) is 13.0 Å². The van der Waals surface area contributed by atoms with Crippen LogP contribution in [0, 0.1) is 0 Å². The van der Waals surface area contributed by atoms with E-state index in [4.69, 9.17) is 5.11 Å². The largest absolute Gasteiger partial charge is 0.481 e. The number of hydrogen-bond donors (Lipinski definition) is 2. The topological polar surface area (TPSA) is 66.4 Å². The molecular formula is C13H14F3NO3. The molecule has 20 heavy (non-hydrogen) atoms. The molecule has 7 heteroatoms. The average Bonchev–Trinajstić information content (AvgIpc) is 2.34. The van der Waals surface area contributed by atoms with Crippen molar-refractivity contribution in [2.45, 2.75) is 32.0 Å². The van der Waals surface area contributed by atoms with E-state index in [1.165, 1.54) is 0 Å². The fourth-order valence-corrected chi connectivity index (χ4v) is 1.60. The zero-order valence-electron chi connectivity index (χ0n) is 10.5. The molecule has 1 aromatic rings. The number of amides is 1. The van der Waals surface area contributed by atoms with Crippen molar-refractivity contribution in [3.8, 4) is 0 Å². The van der Waals surface area contributed by atoms with E-state index < -0.39 is 30.9 Å². The van der Waals surface area contributed by atoms with E-state index in [1.54, 1.807) is 24.3 Å². The number of carboxylic acids is 1. The fraction of sp³-hybridized carbons (Fsp3) is 0.385. The molecule has 0 atom stereocenters. The van der Waals surface area contributed by atoms with E-state index in [1.807, 2.05) is 0 Å². The maximum Gasteiger partial charge on any atom is 0.389 e. The van der Waals surface area contributed by atoms with Gasteiger partial charge in [-0.25, -0.2) is 0 Å². The number of carbonyl (C=O) groups excluding carboxylic acids is 1. The van der Waals surface area contributed by atoms with Crippen molar-refractivity contribution in [1.29, 1.82) is 0 Å². The lowest BCUT2D eigenvalue weighted by Crippen LogP contribution is -2.25. The number of carboxylic acid groups (broad SMARTS) is 1. The summed E-state index contributed by atoms with van der Waals surface area (Å²) in [5.74, 6) is -1.73. The molecule has 0 fully saturated rings. The molecule has 1 amide bonds. The molecule has 0 radical (unpaired) electrons. The van der Waals surface area contributed by atoms with Gasteiger partial charge in [-0.3, -0.25) is 9.59 Å². The summed E-state index contributed by atoms with van der Waals surface area (Å²) in [5, 5.41) is 11.1. The highest BCUT2D eigenvalue weighted by atomic mass is 19.4. The van der Waals surface area contributed by atoms with Crippen LogP contribution in [0.2, 0.25) is 0 Å². The van der Waals surface area contributed by atoms with Gasteiger partial charge in [0.05, 0.1) is 12.8 Å². The molecule has 2 N–H and O–H groups in total. The van der Waals surface area contributed by atoms with Gasteiger partial charge in [-0.05, 0) is 11.1 Å². The van der Waals surface area contributed by atoms with E-state index >= 15 is 0 Å². The van der Waals surface area contributed by atoms with Crippen LogP contribution in [-0.4, -0.2) is 23.2 Å². The molecule has 0 heterocycles. The Balaban J connectivity index is 2.53. The smallest absolute Gasteiger partial charge is 0.389 e. The number of carbonyl (C=O) groups is 2. The Morgan fingerprint density at radius 2 is 1.75 bits per heavy atom. The summed E-state index contributed by atoms with van der Waals surface area (Å²) in [7, 11) is 0. The number of halogens is 3. The monoisotopic (exact) mass is 289 g/mol. The predicted octanol–water partition coefficient (Wildman–Crippen LogP) is 2.27. The Morgan fingerprint density at radius 1 is 1.15 bits per heavy atom. The van der Waals surface area contributed by atoms with Crippen molar-refractivity contribution in [3.05, 3.63) is 35.4 Å². The van der Waals surface area contributed by atoms with E-state index in [9.17, 15) is 22.8 Å². The first kappa shape index (κ1) is 16.0. The van der Waals surface area contributed by atoms with Crippen LogP contribution in [0.1, 0.15) is 24.0 Å². The number of rotatable bonds is 6. The van der Waals surface area contributed by atoms with Gasteiger partial charge in [-0.2, -0.15) is 13.2 Å². The summed E-state index contributed by atoms with van der Waals surface area (Å²) in [6.07, 6.45) is -6.37. The quantitative estimate of drug-likeness (QED) is 0.844. The first-order chi connectivity index (χ1) is 9.28. The molecule has 1 aromatic carbocycles. The lowest BCUT2D eigenvalue weighted by Gasteiger charge is -2.10. The van der Waals surface area contributed by atoms with Gasteiger partial charge < -0.3 is 10.4 Å². The van der Waals surface area contributed by atoms with Crippen molar-refractivity contribution >= 4 is 11.9 Å².